The summed E-state index contributed by atoms with van der Waals surface area (Å²) in [5.41, 5.74) is 1.24. The molecule has 0 unspecified atom stereocenters. The number of aromatic nitrogens is 1. The van der Waals surface area contributed by atoms with E-state index >= 15 is 0 Å². The Kier molecular flexibility index (Phi) is 5.82. The van der Waals surface area contributed by atoms with Crippen molar-refractivity contribution in [2.75, 3.05) is 26.3 Å². The standard InChI is InChI=1S/C20H18Cl2N4O3/c21-13-5-6-14(16(22)11-13)19(27)24-23-18-15-3-1-2-4-17(15)26(20(18)28)12-25-7-9-29-10-8-25/h1-6,11,28H,7-10,12H2. The average molecular weight is 433 g/mol. The second kappa shape index (κ2) is 8.51. The van der Waals surface area contributed by atoms with Gasteiger partial charge in [-0.3, -0.25) is 14.3 Å². The van der Waals surface area contributed by atoms with Crippen LogP contribution in [0.25, 0.3) is 10.9 Å². The molecule has 2 heterocycles. The number of fused-ring (bicyclic) bond motifs is 1. The van der Waals surface area contributed by atoms with Gasteiger partial charge in [-0.15, -0.1) is 10.2 Å². The van der Waals surface area contributed by atoms with E-state index < -0.39 is 5.91 Å². The predicted molar refractivity (Wildman–Crippen MR) is 111 cm³/mol. The molecule has 1 amide bonds. The first-order chi connectivity index (χ1) is 14.0. The molecule has 0 aliphatic carbocycles. The van der Waals surface area contributed by atoms with Crippen molar-refractivity contribution >= 4 is 45.7 Å². The summed E-state index contributed by atoms with van der Waals surface area (Å²) in [5.74, 6) is -0.660. The van der Waals surface area contributed by atoms with Crippen molar-refractivity contribution in [3.8, 4) is 5.88 Å². The second-order valence-corrected chi connectivity index (χ2v) is 7.46. The smallest absolute Gasteiger partial charge is 0.296 e. The zero-order valence-corrected chi connectivity index (χ0v) is 16.9. The fourth-order valence-electron chi connectivity index (χ4n) is 3.27. The predicted octanol–water partition coefficient (Wildman–Crippen LogP) is 4.87. The van der Waals surface area contributed by atoms with Crippen LogP contribution in [-0.2, 0) is 11.4 Å². The first-order valence-electron chi connectivity index (χ1n) is 9.06. The van der Waals surface area contributed by atoms with Crippen LogP contribution in [0.3, 0.4) is 0 Å². The maximum absolute atomic E-state index is 12.4. The van der Waals surface area contributed by atoms with Crippen LogP contribution in [0.4, 0.5) is 5.69 Å². The fourth-order valence-corrected chi connectivity index (χ4v) is 3.76. The van der Waals surface area contributed by atoms with Crippen LogP contribution in [-0.4, -0.2) is 46.8 Å². The topological polar surface area (TPSA) is 79.4 Å². The van der Waals surface area contributed by atoms with Gasteiger partial charge in [-0.2, -0.15) is 0 Å². The van der Waals surface area contributed by atoms with Gasteiger partial charge in [0.2, 0.25) is 5.88 Å². The molecule has 9 heteroatoms. The molecule has 3 aromatic rings. The molecule has 4 rings (SSSR count). The van der Waals surface area contributed by atoms with Crippen molar-refractivity contribution < 1.29 is 14.6 Å². The minimum absolute atomic E-state index is 0.0450. The number of nitrogens with zero attached hydrogens (tertiary/aromatic N) is 4. The summed E-state index contributed by atoms with van der Waals surface area (Å²) in [6, 6.07) is 12.0. The highest BCUT2D eigenvalue weighted by atomic mass is 35.5. The Morgan fingerprint density at radius 3 is 2.66 bits per heavy atom. The SMILES string of the molecule is O=C(N=Nc1c(O)n(CN2CCOCC2)c2ccccc12)c1ccc(Cl)cc1Cl. The minimum atomic E-state index is -0.615. The summed E-state index contributed by atoms with van der Waals surface area (Å²) >= 11 is 11.9. The van der Waals surface area contributed by atoms with Gasteiger partial charge in [0.25, 0.3) is 5.91 Å². The molecular weight excluding hydrogens is 415 g/mol. The number of azo groups is 1. The number of rotatable bonds is 4. The normalized spacial score (nSPS) is 15.4. The van der Waals surface area contributed by atoms with E-state index in [-0.39, 0.29) is 22.2 Å². The lowest BCUT2D eigenvalue weighted by Crippen LogP contribution is -2.37. The van der Waals surface area contributed by atoms with Crippen molar-refractivity contribution in [3.05, 3.63) is 58.1 Å². The van der Waals surface area contributed by atoms with Crippen LogP contribution < -0.4 is 0 Å². The highest BCUT2D eigenvalue weighted by Gasteiger charge is 2.20. The van der Waals surface area contributed by atoms with Gasteiger partial charge in [-0.05, 0) is 24.3 Å². The fraction of sp³-hybridized carbons (Fsp3) is 0.250. The van der Waals surface area contributed by atoms with Crippen LogP contribution in [0.1, 0.15) is 10.4 Å². The van der Waals surface area contributed by atoms with E-state index in [1.807, 2.05) is 24.3 Å². The van der Waals surface area contributed by atoms with Crippen molar-refractivity contribution in [2.45, 2.75) is 6.67 Å². The molecule has 1 aliphatic rings. The van der Waals surface area contributed by atoms with Crippen LogP contribution in [0.15, 0.2) is 52.7 Å². The Balaban J connectivity index is 1.67. The monoisotopic (exact) mass is 432 g/mol. The number of carbonyl (C=O) groups excluding carboxylic acids is 1. The molecule has 29 heavy (non-hydrogen) atoms. The molecule has 150 valence electrons. The summed E-state index contributed by atoms with van der Waals surface area (Å²) in [7, 11) is 0. The number of hydrogen-bond donors (Lipinski definition) is 1. The quantitative estimate of drug-likeness (QED) is 0.596. The molecular formula is C20H18Cl2N4O3. The lowest BCUT2D eigenvalue weighted by molar-refractivity contribution is 0.0231. The number of carbonyl (C=O) groups is 1. The molecule has 7 nitrogen and oxygen atoms in total. The molecule has 0 radical (unpaired) electrons. The van der Waals surface area contributed by atoms with Crippen LogP contribution in [0.2, 0.25) is 10.0 Å². The number of ether oxygens (including phenoxy) is 1. The van der Waals surface area contributed by atoms with Crippen molar-refractivity contribution in [1.29, 1.82) is 0 Å². The number of amides is 1. The van der Waals surface area contributed by atoms with E-state index in [0.29, 0.717) is 30.3 Å². The van der Waals surface area contributed by atoms with Gasteiger partial charge in [0.15, 0.2) is 5.69 Å². The molecule has 1 saturated heterocycles. The third kappa shape index (κ3) is 4.13. The maximum Gasteiger partial charge on any atom is 0.296 e. The zero-order valence-electron chi connectivity index (χ0n) is 15.4. The number of aromatic hydroxyl groups is 1. The van der Waals surface area contributed by atoms with E-state index in [0.717, 1.165) is 18.6 Å². The van der Waals surface area contributed by atoms with Crippen molar-refractivity contribution in [2.24, 2.45) is 10.2 Å². The Morgan fingerprint density at radius 1 is 1.14 bits per heavy atom. The van der Waals surface area contributed by atoms with Gasteiger partial charge in [-0.1, -0.05) is 41.4 Å². The van der Waals surface area contributed by atoms with Crippen LogP contribution >= 0.6 is 23.2 Å². The number of para-hydroxylation sites is 1. The largest absolute Gasteiger partial charge is 0.493 e. The lowest BCUT2D eigenvalue weighted by atomic mass is 10.2. The summed E-state index contributed by atoms with van der Waals surface area (Å²) < 4.78 is 7.14. The first-order valence-corrected chi connectivity index (χ1v) is 9.81. The van der Waals surface area contributed by atoms with Gasteiger partial charge in [-0.25, -0.2) is 0 Å². The second-order valence-electron chi connectivity index (χ2n) is 6.62. The molecule has 2 aromatic carbocycles. The summed E-state index contributed by atoms with van der Waals surface area (Å²) in [6.07, 6.45) is 0. The third-order valence-electron chi connectivity index (χ3n) is 4.76. The van der Waals surface area contributed by atoms with Crippen molar-refractivity contribution in [3.63, 3.8) is 0 Å². The molecule has 1 N–H and O–H groups in total. The molecule has 0 saturated carbocycles. The van der Waals surface area contributed by atoms with E-state index in [4.69, 9.17) is 27.9 Å². The molecule has 1 fully saturated rings. The summed E-state index contributed by atoms with van der Waals surface area (Å²) in [4.78, 5) is 14.6. The van der Waals surface area contributed by atoms with Crippen LogP contribution in [0, 0.1) is 0 Å². The Bertz CT molecular complexity index is 1090. The lowest BCUT2D eigenvalue weighted by Gasteiger charge is -2.27. The maximum atomic E-state index is 12.4. The number of halogens is 2. The van der Waals surface area contributed by atoms with E-state index in [1.165, 1.54) is 12.1 Å². The van der Waals surface area contributed by atoms with E-state index in [2.05, 4.69) is 15.1 Å². The zero-order chi connectivity index (χ0) is 20.4. The number of benzene rings is 2. The van der Waals surface area contributed by atoms with Gasteiger partial charge in [0.05, 0.1) is 36.0 Å². The third-order valence-corrected chi connectivity index (χ3v) is 5.31. The van der Waals surface area contributed by atoms with Crippen molar-refractivity contribution in [1.82, 2.24) is 9.47 Å². The molecule has 0 atom stereocenters. The Morgan fingerprint density at radius 2 is 1.90 bits per heavy atom. The van der Waals surface area contributed by atoms with Gasteiger partial charge in [0.1, 0.15) is 0 Å². The highest BCUT2D eigenvalue weighted by molar-refractivity contribution is 6.36. The molecule has 1 aliphatic heterocycles. The Hall–Kier alpha value is -2.45. The Labute approximate surface area is 177 Å². The minimum Gasteiger partial charge on any atom is -0.493 e. The molecule has 0 bridgehead atoms. The van der Waals surface area contributed by atoms with Gasteiger partial charge in [0, 0.05) is 23.5 Å². The molecule has 0 spiro atoms. The van der Waals surface area contributed by atoms with E-state index in [1.54, 1.807) is 10.6 Å². The summed E-state index contributed by atoms with van der Waals surface area (Å²) in [5, 5.41) is 20.0. The highest BCUT2D eigenvalue weighted by Crippen LogP contribution is 2.39. The van der Waals surface area contributed by atoms with Crippen LogP contribution in [0.5, 0.6) is 5.88 Å². The number of morpholine rings is 1. The first kappa shape index (κ1) is 19.8. The van der Waals surface area contributed by atoms with E-state index in [9.17, 15) is 9.90 Å². The van der Waals surface area contributed by atoms with Gasteiger partial charge < -0.3 is 9.84 Å². The summed E-state index contributed by atoms with van der Waals surface area (Å²) in [6.45, 7) is 3.35. The molecule has 1 aromatic heterocycles. The average Bonchev–Trinajstić information content (AvgIpc) is 2.98. The van der Waals surface area contributed by atoms with Gasteiger partial charge >= 0.3 is 0 Å². The number of hydrogen-bond acceptors (Lipinski definition) is 5.